The van der Waals surface area contributed by atoms with E-state index in [-0.39, 0.29) is 0 Å². The Kier molecular flexibility index (Phi) is 3.05. The second-order valence-electron chi connectivity index (χ2n) is 4.18. The summed E-state index contributed by atoms with van der Waals surface area (Å²) in [6, 6.07) is 10.1. The second kappa shape index (κ2) is 4.85. The summed E-state index contributed by atoms with van der Waals surface area (Å²) in [7, 11) is 1.88. The number of aromatic nitrogens is 3. The Morgan fingerprint density at radius 1 is 1.21 bits per heavy atom. The van der Waals surface area contributed by atoms with E-state index >= 15 is 0 Å². The summed E-state index contributed by atoms with van der Waals surface area (Å²) in [5.74, 6) is 0. The molecule has 0 radical (unpaired) electrons. The lowest BCUT2D eigenvalue weighted by Gasteiger charge is -2.04. The number of hydrogen-bond acceptors (Lipinski definition) is 4. The average molecular weight is 270 g/mol. The molecule has 0 spiro atoms. The number of thiazole rings is 1. The van der Waals surface area contributed by atoms with Crippen molar-refractivity contribution >= 4 is 16.5 Å². The number of benzene rings is 1. The minimum atomic E-state index is 0.918. The van der Waals surface area contributed by atoms with Crippen LogP contribution >= 0.6 is 11.3 Å². The Labute approximate surface area is 115 Å². The van der Waals surface area contributed by atoms with Crippen molar-refractivity contribution in [3.8, 4) is 16.9 Å². The molecule has 4 nitrogen and oxygen atoms in total. The topological polar surface area (TPSA) is 42.7 Å². The fourth-order valence-corrected chi connectivity index (χ4v) is 2.67. The van der Waals surface area contributed by atoms with Gasteiger partial charge in [-0.3, -0.25) is 0 Å². The zero-order chi connectivity index (χ0) is 13.2. The smallest absolute Gasteiger partial charge is 0.182 e. The van der Waals surface area contributed by atoms with E-state index in [1.54, 1.807) is 11.3 Å². The Balaban J connectivity index is 2.04. The SMILES string of the molecule is CNc1nc(-c2cnn(-c3ccccc3)c2C)cs1. The molecule has 0 unspecified atom stereocenters. The van der Waals surface area contributed by atoms with Crippen LogP contribution in [0.3, 0.4) is 0 Å². The third kappa shape index (κ3) is 2.13. The summed E-state index contributed by atoms with van der Waals surface area (Å²) in [5, 5.41) is 10.5. The molecule has 0 bridgehead atoms. The molecule has 5 heteroatoms. The predicted octanol–water partition coefficient (Wildman–Crippen LogP) is 3.35. The van der Waals surface area contributed by atoms with Gasteiger partial charge in [0.05, 0.1) is 23.3 Å². The number of rotatable bonds is 3. The number of hydrogen-bond donors (Lipinski definition) is 1. The van der Waals surface area contributed by atoms with Crippen LogP contribution in [0.15, 0.2) is 41.9 Å². The molecule has 0 aliphatic carbocycles. The molecule has 1 N–H and O–H groups in total. The van der Waals surface area contributed by atoms with Crippen molar-refractivity contribution in [3.05, 3.63) is 47.6 Å². The van der Waals surface area contributed by atoms with E-state index < -0.39 is 0 Å². The normalized spacial score (nSPS) is 10.6. The molecule has 96 valence electrons. The van der Waals surface area contributed by atoms with Gasteiger partial charge in [0.1, 0.15) is 0 Å². The molecule has 0 saturated carbocycles. The fourth-order valence-electron chi connectivity index (χ4n) is 2.00. The minimum Gasteiger partial charge on any atom is -0.365 e. The van der Waals surface area contributed by atoms with Gasteiger partial charge in [-0.15, -0.1) is 11.3 Å². The van der Waals surface area contributed by atoms with Crippen molar-refractivity contribution in [1.29, 1.82) is 0 Å². The zero-order valence-corrected chi connectivity index (χ0v) is 11.6. The van der Waals surface area contributed by atoms with Crippen molar-refractivity contribution in [2.75, 3.05) is 12.4 Å². The molecule has 0 saturated heterocycles. The molecule has 0 atom stereocenters. The number of anilines is 1. The monoisotopic (exact) mass is 270 g/mol. The van der Waals surface area contributed by atoms with Crippen LogP contribution in [-0.2, 0) is 0 Å². The summed E-state index contributed by atoms with van der Waals surface area (Å²) in [5.41, 5.74) is 4.20. The highest BCUT2D eigenvalue weighted by atomic mass is 32.1. The molecule has 2 aromatic heterocycles. The van der Waals surface area contributed by atoms with Crippen LogP contribution < -0.4 is 5.32 Å². The van der Waals surface area contributed by atoms with E-state index in [9.17, 15) is 0 Å². The van der Waals surface area contributed by atoms with Gasteiger partial charge in [-0.2, -0.15) is 5.10 Å². The van der Waals surface area contributed by atoms with Crippen LogP contribution in [0.2, 0.25) is 0 Å². The summed E-state index contributed by atoms with van der Waals surface area (Å²) >= 11 is 1.60. The Hall–Kier alpha value is -2.14. The van der Waals surface area contributed by atoms with E-state index in [1.807, 2.05) is 53.6 Å². The summed E-state index contributed by atoms with van der Waals surface area (Å²) in [6.45, 7) is 2.06. The van der Waals surface area contributed by atoms with E-state index in [0.29, 0.717) is 0 Å². The first-order valence-corrected chi connectivity index (χ1v) is 6.91. The third-order valence-corrected chi connectivity index (χ3v) is 3.86. The summed E-state index contributed by atoms with van der Waals surface area (Å²) in [6.07, 6.45) is 1.87. The highest BCUT2D eigenvalue weighted by molar-refractivity contribution is 7.14. The van der Waals surface area contributed by atoms with Crippen LogP contribution in [0.4, 0.5) is 5.13 Å². The van der Waals surface area contributed by atoms with Gasteiger partial charge in [-0.25, -0.2) is 9.67 Å². The lowest BCUT2D eigenvalue weighted by Crippen LogP contribution is -1.98. The third-order valence-electron chi connectivity index (χ3n) is 3.00. The lowest BCUT2D eigenvalue weighted by atomic mass is 10.2. The number of nitrogens with zero attached hydrogens (tertiary/aromatic N) is 3. The lowest BCUT2D eigenvalue weighted by molar-refractivity contribution is 0.847. The zero-order valence-electron chi connectivity index (χ0n) is 10.8. The van der Waals surface area contributed by atoms with Crippen LogP contribution in [0.1, 0.15) is 5.69 Å². The fraction of sp³-hybridized carbons (Fsp3) is 0.143. The molecule has 3 aromatic rings. The van der Waals surface area contributed by atoms with Crippen molar-refractivity contribution in [2.45, 2.75) is 6.92 Å². The molecule has 0 amide bonds. The highest BCUT2D eigenvalue weighted by Crippen LogP contribution is 2.28. The van der Waals surface area contributed by atoms with Crippen molar-refractivity contribution in [2.24, 2.45) is 0 Å². The van der Waals surface area contributed by atoms with E-state index in [4.69, 9.17) is 0 Å². The molecule has 19 heavy (non-hydrogen) atoms. The standard InChI is InChI=1S/C14H14N4S/c1-10-12(13-9-19-14(15-2)17-13)8-16-18(10)11-6-4-3-5-7-11/h3-9H,1-2H3,(H,15,17). The highest BCUT2D eigenvalue weighted by Gasteiger charge is 2.12. The summed E-state index contributed by atoms with van der Waals surface area (Å²) in [4.78, 5) is 4.52. The van der Waals surface area contributed by atoms with Gasteiger partial charge in [0.25, 0.3) is 0 Å². The first-order valence-electron chi connectivity index (χ1n) is 6.03. The van der Waals surface area contributed by atoms with Gasteiger partial charge in [-0.05, 0) is 19.1 Å². The number of nitrogens with one attached hydrogen (secondary N) is 1. The van der Waals surface area contributed by atoms with E-state index in [1.165, 1.54) is 0 Å². The van der Waals surface area contributed by atoms with Gasteiger partial charge in [-0.1, -0.05) is 18.2 Å². The van der Waals surface area contributed by atoms with Crippen LogP contribution in [-0.4, -0.2) is 21.8 Å². The van der Waals surface area contributed by atoms with E-state index in [0.717, 1.165) is 27.8 Å². The quantitative estimate of drug-likeness (QED) is 0.793. The molecule has 0 aliphatic heterocycles. The van der Waals surface area contributed by atoms with Gasteiger partial charge in [0, 0.05) is 18.0 Å². The Bertz CT molecular complexity index is 685. The first kappa shape index (κ1) is 11.9. The molecular weight excluding hydrogens is 256 g/mol. The van der Waals surface area contributed by atoms with E-state index in [2.05, 4.69) is 22.3 Å². The van der Waals surface area contributed by atoms with Crippen molar-refractivity contribution in [1.82, 2.24) is 14.8 Å². The molecule has 0 aliphatic rings. The minimum absolute atomic E-state index is 0.918. The molecule has 1 aromatic carbocycles. The summed E-state index contributed by atoms with van der Waals surface area (Å²) < 4.78 is 1.94. The predicted molar refractivity (Wildman–Crippen MR) is 79.0 cm³/mol. The van der Waals surface area contributed by atoms with Crippen molar-refractivity contribution in [3.63, 3.8) is 0 Å². The maximum Gasteiger partial charge on any atom is 0.182 e. The van der Waals surface area contributed by atoms with Crippen molar-refractivity contribution < 1.29 is 0 Å². The molecule has 3 rings (SSSR count). The van der Waals surface area contributed by atoms with Crippen LogP contribution in [0.5, 0.6) is 0 Å². The molecule has 2 heterocycles. The van der Waals surface area contributed by atoms with Gasteiger partial charge in [0.2, 0.25) is 0 Å². The van der Waals surface area contributed by atoms with Gasteiger partial charge in [0.15, 0.2) is 5.13 Å². The average Bonchev–Trinajstić information content (AvgIpc) is 3.06. The maximum atomic E-state index is 4.52. The van der Waals surface area contributed by atoms with Gasteiger partial charge >= 0.3 is 0 Å². The first-order chi connectivity index (χ1) is 9.29. The van der Waals surface area contributed by atoms with Gasteiger partial charge < -0.3 is 5.32 Å². The van der Waals surface area contributed by atoms with Crippen LogP contribution in [0.25, 0.3) is 16.9 Å². The molecular formula is C14H14N4S. The maximum absolute atomic E-state index is 4.52. The Morgan fingerprint density at radius 2 is 2.00 bits per heavy atom. The van der Waals surface area contributed by atoms with Crippen LogP contribution in [0, 0.1) is 6.92 Å². The largest absolute Gasteiger partial charge is 0.365 e. The Morgan fingerprint density at radius 3 is 2.68 bits per heavy atom. The number of para-hydroxylation sites is 1. The second-order valence-corrected chi connectivity index (χ2v) is 5.04. The molecule has 0 fully saturated rings.